The minimum Gasteiger partial charge on any atom is -0.870 e. The summed E-state index contributed by atoms with van der Waals surface area (Å²) < 4.78 is 69.5. The number of halogens is 6. The smallest absolute Gasteiger partial charge is 0.870 e. The van der Waals surface area contributed by atoms with Crippen molar-refractivity contribution in [3.8, 4) is 0 Å². The van der Waals surface area contributed by atoms with E-state index >= 15 is 0 Å². The zero-order valence-electron chi connectivity index (χ0n) is 42.1. The van der Waals surface area contributed by atoms with Gasteiger partial charge in [0.05, 0.1) is 29.2 Å². The van der Waals surface area contributed by atoms with Gasteiger partial charge < -0.3 is 34.6 Å². The number of benzene rings is 4. The van der Waals surface area contributed by atoms with Gasteiger partial charge in [-0.3, -0.25) is 29.8 Å². The maximum absolute atomic E-state index is 13.7. The van der Waals surface area contributed by atoms with Crippen molar-refractivity contribution in [2.45, 2.75) is 63.5 Å². The Hall–Kier alpha value is -6.32. The van der Waals surface area contributed by atoms with E-state index < -0.39 is 59.5 Å². The fourth-order valence-electron chi connectivity index (χ4n) is 7.17. The Labute approximate surface area is 476 Å². The second-order valence-corrected chi connectivity index (χ2v) is 17.1. The van der Waals surface area contributed by atoms with Crippen LogP contribution in [0.5, 0.6) is 0 Å². The van der Waals surface area contributed by atoms with Crippen molar-refractivity contribution in [2.75, 3.05) is 45.1 Å². The summed E-state index contributed by atoms with van der Waals surface area (Å²) in [5.41, 5.74) is 0.965. The Morgan fingerprint density at radius 3 is 1.40 bits per heavy atom. The van der Waals surface area contributed by atoms with Crippen molar-refractivity contribution in [3.63, 3.8) is 0 Å². The van der Waals surface area contributed by atoms with E-state index in [1.165, 1.54) is 104 Å². The maximum atomic E-state index is 13.7. The number of aryl methyl sites for hydroxylation is 2. The van der Waals surface area contributed by atoms with Crippen LogP contribution >= 0.6 is 50.2 Å². The van der Waals surface area contributed by atoms with Gasteiger partial charge in [-0.15, -0.1) is 0 Å². The number of anilines is 2. The Balaban J connectivity index is 0.000000732. The molecule has 410 valence electrons. The number of carbonyl (C=O) groups is 6. The van der Waals surface area contributed by atoms with Gasteiger partial charge in [-0.2, -0.15) is 27.0 Å². The number of esters is 1. The summed E-state index contributed by atoms with van der Waals surface area (Å²) in [5.74, 6) is -3.92. The number of carboxylic acids is 1. The van der Waals surface area contributed by atoms with E-state index in [1.54, 1.807) is 24.3 Å². The van der Waals surface area contributed by atoms with E-state index in [0.29, 0.717) is 32.7 Å². The minimum atomic E-state index is -1.07. The number of pyridine rings is 2. The zero-order chi connectivity index (χ0) is 53.2. The van der Waals surface area contributed by atoms with Crippen molar-refractivity contribution in [2.24, 2.45) is 0 Å². The number of aromatic nitrogens is 2. The van der Waals surface area contributed by atoms with E-state index in [2.05, 4.69) is 25.3 Å². The van der Waals surface area contributed by atoms with Crippen LogP contribution in [-0.2, 0) is 46.2 Å². The Bertz CT molecular complexity index is 2980. The zero-order valence-corrected chi connectivity index (χ0v) is 45.6. The van der Waals surface area contributed by atoms with Crippen molar-refractivity contribution in [1.82, 2.24) is 19.8 Å². The van der Waals surface area contributed by atoms with Crippen LogP contribution in [0.25, 0.3) is 21.5 Å². The molecule has 0 bridgehead atoms. The number of aliphatic carboxylic acids is 1. The van der Waals surface area contributed by atoms with Gasteiger partial charge in [-0.25, -0.2) is 37.1 Å². The normalized spacial score (nSPS) is 11.0. The van der Waals surface area contributed by atoms with Crippen LogP contribution < -0.4 is 29.5 Å². The van der Waals surface area contributed by atoms with Crippen LogP contribution in [0, 0.1) is 23.3 Å². The van der Waals surface area contributed by atoms with Gasteiger partial charge in [0.1, 0.15) is 48.1 Å². The molecule has 0 aliphatic heterocycles. The number of fused-ring (bicyclic) bond motifs is 2. The number of nitrogens with zero attached hydrogens (tertiary/aromatic N) is 4. The number of rotatable bonds is 20. The maximum Gasteiger partial charge on any atom is 1.00 e. The molecule has 2 aromatic heterocycles. The molecule has 17 nitrogen and oxygen atoms in total. The molecule has 0 saturated carbocycles. The molecule has 6 rings (SSSR count). The molecule has 2 heterocycles. The summed E-state index contributed by atoms with van der Waals surface area (Å²) in [6, 6.07) is 18.7. The molecule has 0 spiro atoms. The minimum absolute atomic E-state index is 0. The number of nitrogens with one attached hydrogen (secondary N) is 2. The first-order valence-corrected chi connectivity index (χ1v) is 23.2. The van der Waals surface area contributed by atoms with Crippen molar-refractivity contribution in [1.29, 1.82) is 0 Å². The van der Waals surface area contributed by atoms with Crippen molar-refractivity contribution in [3.05, 3.63) is 142 Å². The van der Waals surface area contributed by atoms with Crippen molar-refractivity contribution < 1.29 is 90.0 Å². The number of amides is 4. The molecule has 4 aromatic carbocycles. The first kappa shape index (κ1) is 68.7. The molecule has 2 atom stereocenters. The topological polar surface area (TPSA) is 237 Å². The van der Waals surface area contributed by atoms with Gasteiger partial charge >= 0.3 is 43.0 Å². The molecule has 4 N–H and O–H groups in total. The predicted molar refractivity (Wildman–Crippen MR) is 287 cm³/mol. The monoisotopic (exact) mass is 1140 g/mol. The molecular formula is C51H55Cl2F4LiN6O11S2. The van der Waals surface area contributed by atoms with Gasteiger partial charge in [0.15, 0.2) is 0 Å². The second kappa shape index (κ2) is 33.8. The molecule has 0 aliphatic rings. The van der Waals surface area contributed by atoms with Crippen LogP contribution in [0.4, 0.5) is 38.8 Å². The third kappa shape index (κ3) is 21.6. The molecular weight excluding hydrogens is 1090 g/mol. The van der Waals surface area contributed by atoms with E-state index in [4.69, 9.17) is 37.8 Å². The first-order valence-electron chi connectivity index (χ1n) is 22.5. The van der Waals surface area contributed by atoms with Gasteiger partial charge in [0.2, 0.25) is 11.8 Å². The van der Waals surface area contributed by atoms with E-state index in [9.17, 15) is 46.3 Å². The van der Waals surface area contributed by atoms with E-state index in [1.807, 2.05) is 0 Å². The molecule has 0 unspecified atom stereocenters. The Morgan fingerprint density at radius 2 is 1.01 bits per heavy atom. The largest absolute Gasteiger partial charge is 1.00 e. The van der Waals surface area contributed by atoms with E-state index in [0.717, 1.165) is 0 Å². The number of carboxylic acid groups (broad SMARTS) is 1. The van der Waals surface area contributed by atoms with Crippen LogP contribution in [-0.4, -0.2) is 113 Å². The molecule has 26 heteroatoms. The standard InChI is InChI=1S/C26H26ClF2N3O5.C25H24ClF2N3O5.Li.H2O.2H2S/c1-32(23(33)10-7-16-4-3-5-21(29)25(16)27)20(9-11-24(34)36-2)15-37-26(35)31-22-13-18-12-19(28)8-6-17(18)14-30-22;1-31(22(32)9-6-15-3-2-4-20(28)24(15)26)19(8-10-23(33)34)14-36-25(35)30-21-12-17-11-18(27)7-5-16(17)13-29-21;;;;/h3-6,8,12-14,20H,7,9-11,15H2,1-2H3,(H,30,31,35);2-5,7,11-13,19H,6,8-10,14H2,1H3,(H,33,34)(H,29,30,35);;3*1H2/q;;+1;;;/p-1/t20-;19-;;;;/m00..../s1. The van der Waals surface area contributed by atoms with Gasteiger partial charge in [-0.05, 0) is 108 Å². The first-order chi connectivity index (χ1) is 34.8. The van der Waals surface area contributed by atoms with Crippen molar-refractivity contribution >= 4 is 119 Å². The predicted octanol–water partition coefficient (Wildman–Crippen LogP) is 7.22. The van der Waals surface area contributed by atoms with Crippen LogP contribution in [0.15, 0.2) is 97.3 Å². The number of likely N-dealkylation sites (N-methyl/N-ethyl adjacent to an activating group) is 2. The number of methoxy groups -OCH3 is 1. The second-order valence-electron chi connectivity index (χ2n) is 16.4. The average Bonchev–Trinajstić information content (AvgIpc) is 3.36. The molecule has 4 amide bonds. The fraction of sp³-hybridized carbons (Fsp3) is 0.294. The summed E-state index contributed by atoms with van der Waals surface area (Å²) in [5, 5.41) is 16.3. The summed E-state index contributed by atoms with van der Waals surface area (Å²) in [7, 11) is 4.25. The summed E-state index contributed by atoms with van der Waals surface area (Å²) in [4.78, 5) is 83.9. The van der Waals surface area contributed by atoms with Crippen LogP contribution in [0.3, 0.4) is 0 Å². The number of hydrogen-bond acceptors (Lipinski definition) is 12. The van der Waals surface area contributed by atoms with E-state index in [-0.39, 0.29) is 149 Å². The average molecular weight is 1150 g/mol. The Kier molecular flexibility index (Phi) is 30.1. The summed E-state index contributed by atoms with van der Waals surface area (Å²) in [6.45, 7) is -0.488. The number of hydrogen-bond donors (Lipinski definition) is 3. The SMILES string of the molecule is CN(C(=O)CCc1cccc(F)c1Cl)[C@@H](CCC(=O)O)COC(=O)Nc1cc2cc(F)ccc2cn1.COC(=O)CC[C@@H](COC(=O)Nc1cc2cc(F)ccc2cn1)N(C)C(=O)CCc1cccc(F)c1Cl.S.S.[Li+].[OH-]. The molecule has 77 heavy (non-hydrogen) atoms. The summed E-state index contributed by atoms with van der Waals surface area (Å²) in [6.07, 6.45) is 1.63. The third-order valence-electron chi connectivity index (χ3n) is 11.4. The van der Waals surface area contributed by atoms with Gasteiger partial charge in [-0.1, -0.05) is 47.5 Å². The number of ether oxygens (including phenoxy) is 3. The number of carbonyl (C=O) groups excluding carboxylic acids is 5. The summed E-state index contributed by atoms with van der Waals surface area (Å²) >= 11 is 11.9. The molecule has 0 fully saturated rings. The Morgan fingerprint density at radius 1 is 0.610 bits per heavy atom. The van der Waals surface area contributed by atoms with Gasteiger partial charge in [0.25, 0.3) is 0 Å². The van der Waals surface area contributed by atoms with Crippen LogP contribution in [0.2, 0.25) is 10.0 Å². The van der Waals surface area contributed by atoms with Gasteiger partial charge in [0, 0.05) is 62.9 Å². The molecule has 6 aromatic rings. The quantitative estimate of drug-likeness (QED) is 0.0297. The third-order valence-corrected chi connectivity index (χ3v) is 12.3. The van der Waals surface area contributed by atoms with Crippen LogP contribution in [0.1, 0.15) is 49.7 Å². The molecule has 0 saturated heterocycles. The molecule has 0 radical (unpaired) electrons. The fourth-order valence-corrected chi connectivity index (χ4v) is 7.61. The molecule has 0 aliphatic carbocycles.